The second kappa shape index (κ2) is 8.11. The van der Waals surface area contributed by atoms with Gasteiger partial charge in [-0.05, 0) is 35.4 Å². The third-order valence-corrected chi connectivity index (χ3v) is 5.66. The summed E-state index contributed by atoms with van der Waals surface area (Å²) in [5.74, 6) is 0.0278. The number of benzene rings is 3. The van der Waals surface area contributed by atoms with Crippen molar-refractivity contribution < 1.29 is 19.1 Å². The molecule has 0 spiro atoms. The van der Waals surface area contributed by atoms with Gasteiger partial charge in [-0.2, -0.15) is 0 Å². The van der Waals surface area contributed by atoms with E-state index in [4.69, 9.17) is 9.47 Å². The molecule has 2 heterocycles. The molecule has 0 radical (unpaired) electrons. The predicted molar refractivity (Wildman–Crippen MR) is 116 cm³/mol. The Hall–Kier alpha value is -3.86. The van der Waals surface area contributed by atoms with E-state index in [9.17, 15) is 9.59 Å². The Labute approximate surface area is 180 Å². The molecule has 0 fully saturated rings. The van der Waals surface area contributed by atoms with E-state index in [0.717, 1.165) is 22.6 Å². The van der Waals surface area contributed by atoms with Crippen molar-refractivity contribution in [2.75, 3.05) is 11.5 Å². The number of nitrogens with zero attached hydrogens (tertiary/aromatic N) is 1. The standard InChI is InChI=1S/C26H21NO4/c28-24-15-22(19-11-13-21(14-12-19)30-16-18-7-3-1-4-8-18)25-23(17-31-26(25)29)27(24)20-9-5-2-6-10-20/h1-14,22H,15-17H2. The van der Waals surface area contributed by atoms with Gasteiger partial charge in [0.1, 0.15) is 19.0 Å². The summed E-state index contributed by atoms with van der Waals surface area (Å²) in [6.07, 6.45) is 0.215. The van der Waals surface area contributed by atoms with E-state index < -0.39 is 0 Å². The van der Waals surface area contributed by atoms with Crippen molar-refractivity contribution >= 4 is 17.6 Å². The Morgan fingerprint density at radius 3 is 2.26 bits per heavy atom. The summed E-state index contributed by atoms with van der Waals surface area (Å²) in [6.45, 7) is 0.597. The van der Waals surface area contributed by atoms with Gasteiger partial charge in [-0.1, -0.05) is 60.7 Å². The molecule has 5 heteroatoms. The Morgan fingerprint density at radius 2 is 1.55 bits per heavy atom. The molecule has 0 bridgehead atoms. The molecule has 2 aliphatic heterocycles. The Bertz CT molecular complexity index is 1140. The maximum Gasteiger partial charge on any atom is 0.336 e. The van der Waals surface area contributed by atoms with Crippen molar-refractivity contribution in [3.63, 3.8) is 0 Å². The number of esters is 1. The van der Waals surface area contributed by atoms with Crippen LogP contribution in [0.2, 0.25) is 0 Å². The summed E-state index contributed by atoms with van der Waals surface area (Å²) in [7, 11) is 0. The van der Waals surface area contributed by atoms with E-state index in [1.165, 1.54) is 0 Å². The van der Waals surface area contributed by atoms with Gasteiger partial charge in [-0.15, -0.1) is 0 Å². The number of para-hydroxylation sites is 1. The molecule has 3 aromatic rings. The van der Waals surface area contributed by atoms with Crippen LogP contribution < -0.4 is 9.64 Å². The summed E-state index contributed by atoms with van der Waals surface area (Å²) in [6, 6.07) is 26.9. The summed E-state index contributed by atoms with van der Waals surface area (Å²) in [5, 5.41) is 0. The van der Waals surface area contributed by atoms with Gasteiger partial charge in [0.15, 0.2) is 0 Å². The van der Waals surface area contributed by atoms with E-state index in [2.05, 4.69) is 0 Å². The number of ether oxygens (including phenoxy) is 2. The molecule has 1 amide bonds. The van der Waals surface area contributed by atoms with Gasteiger partial charge >= 0.3 is 5.97 Å². The first-order valence-corrected chi connectivity index (χ1v) is 10.3. The second-order valence-corrected chi connectivity index (χ2v) is 7.60. The number of hydrogen-bond acceptors (Lipinski definition) is 4. The normalized spacial score (nSPS) is 18.1. The van der Waals surface area contributed by atoms with E-state index in [0.29, 0.717) is 17.9 Å². The summed E-state index contributed by atoms with van der Waals surface area (Å²) < 4.78 is 11.2. The summed E-state index contributed by atoms with van der Waals surface area (Å²) in [4.78, 5) is 27.2. The smallest absolute Gasteiger partial charge is 0.336 e. The molecule has 154 valence electrons. The minimum atomic E-state index is -0.349. The average molecular weight is 411 g/mol. The molecule has 3 aromatic carbocycles. The third kappa shape index (κ3) is 3.70. The monoisotopic (exact) mass is 411 g/mol. The molecule has 1 unspecified atom stereocenters. The lowest BCUT2D eigenvalue weighted by Gasteiger charge is -2.31. The molecule has 0 aromatic heterocycles. The van der Waals surface area contributed by atoms with Gasteiger partial charge in [0.05, 0.1) is 11.3 Å². The van der Waals surface area contributed by atoms with Gasteiger partial charge < -0.3 is 9.47 Å². The topological polar surface area (TPSA) is 55.8 Å². The van der Waals surface area contributed by atoms with E-state index in [1.54, 1.807) is 4.90 Å². The molecule has 1 atom stereocenters. The number of rotatable bonds is 5. The maximum absolute atomic E-state index is 13.1. The van der Waals surface area contributed by atoms with Crippen molar-refractivity contribution in [3.8, 4) is 5.75 Å². The van der Waals surface area contributed by atoms with Crippen LogP contribution in [0.4, 0.5) is 5.69 Å². The zero-order chi connectivity index (χ0) is 21.2. The largest absolute Gasteiger partial charge is 0.489 e. The van der Waals surface area contributed by atoms with Crippen molar-refractivity contribution in [2.24, 2.45) is 0 Å². The van der Waals surface area contributed by atoms with Crippen LogP contribution in [0.5, 0.6) is 5.75 Å². The van der Waals surface area contributed by atoms with Crippen LogP contribution in [0.15, 0.2) is 96.2 Å². The lowest BCUT2D eigenvalue weighted by atomic mass is 9.84. The van der Waals surface area contributed by atoms with Crippen molar-refractivity contribution in [1.82, 2.24) is 0 Å². The van der Waals surface area contributed by atoms with E-state index >= 15 is 0 Å². The Balaban J connectivity index is 1.40. The van der Waals surface area contributed by atoms with Gasteiger partial charge in [-0.25, -0.2) is 4.79 Å². The molecular formula is C26H21NO4. The summed E-state index contributed by atoms with van der Waals surface area (Å²) in [5.41, 5.74) is 3.96. The predicted octanol–water partition coefficient (Wildman–Crippen LogP) is 4.60. The first-order chi connectivity index (χ1) is 15.2. The number of hydrogen-bond donors (Lipinski definition) is 0. The SMILES string of the molecule is O=C1OCC2=C1C(c1ccc(OCc3ccccc3)cc1)CC(=O)N2c1ccccc1. The third-order valence-electron chi connectivity index (χ3n) is 5.66. The molecule has 5 nitrogen and oxygen atoms in total. The Kier molecular flexibility index (Phi) is 5.00. The number of amides is 1. The molecular weight excluding hydrogens is 390 g/mol. The van der Waals surface area contributed by atoms with Crippen molar-refractivity contribution in [3.05, 3.63) is 107 Å². The van der Waals surface area contributed by atoms with Crippen LogP contribution in [-0.4, -0.2) is 18.5 Å². The zero-order valence-corrected chi connectivity index (χ0v) is 16.9. The minimum absolute atomic E-state index is 0.0438. The molecule has 2 aliphatic rings. The van der Waals surface area contributed by atoms with Crippen LogP contribution >= 0.6 is 0 Å². The maximum atomic E-state index is 13.1. The van der Waals surface area contributed by atoms with Crippen LogP contribution in [-0.2, 0) is 20.9 Å². The van der Waals surface area contributed by atoms with Crippen LogP contribution in [0.25, 0.3) is 0 Å². The first-order valence-electron chi connectivity index (χ1n) is 10.3. The van der Waals surface area contributed by atoms with Gasteiger partial charge in [-0.3, -0.25) is 9.69 Å². The van der Waals surface area contributed by atoms with E-state index in [-0.39, 0.29) is 30.8 Å². The quantitative estimate of drug-likeness (QED) is 0.576. The fraction of sp³-hybridized carbons (Fsp3) is 0.154. The highest BCUT2D eigenvalue weighted by atomic mass is 16.5. The van der Waals surface area contributed by atoms with Crippen LogP contribution in [0.3, 0.4) is 0 Å². The van der Waals surface area contributed by atoms with Gasteiger partial charge in [0, 0.05) is 18.0 Å². The fourth-order valence-electron chi connectivity index (χ4n) is 4.15. The summed E-state index contributed by atoms with van der Waals surface area (Å²) >= 11 is 0. The minimum Gasteiger partial charge on any atom is -0.489 e. The van der Waals surface area contributed by atoms with Crippen molar-refractivity contribution in [1.29, 1.82) is 0 Å². The molecule has 5 rings (SSSR count). The lowest BCUT2D eigenvalue weighted by Crippen LogP contribution is -2.37. The molecule has 0 saturated carbocycles. The fourth-order valence-corrected chi connectivity index (χ4v) is 4.15. The highest BCUT2D eigenvalue weighted by Crippen LogP contribution is 2.42. The molecule has 0 aliphatic carbocycles. The molecule has 0 N–H and O–H groups in total. The zero-order valence-electron chi connectivity index (χ0n) is 16.9. The van der Waals surface area contributed by atoms with Gasteiger partial charge in [0.2, 0.25) is 5.91 Å². The highest BCUT2D eigenvalue weighted by Gasteiger charge is 2.42. The average Bonchev–Trinajstić information content (AvgIpc) is 3.20. The number of carbonyl (C=O) groups excluding carboxylic acids is 2. The molecule has 0 saturated heterocycles. The molecule has 31 heavy (non-hydrogen) atoms. The van der Waals surface area contributed by atoms with Gasteiger partial charge in [0.25, 0.3) is 0 Å². The first kappa shape index (κ1) is 19.1. The lowest BCUT2D eigenvalue weighted by molar-refractivity contribution is -0.136. The number of carbonyl (C=O) groups is 2. The van der Waals surface area contributed by atoms with Crippen LogP contribution in [0, 0.1) is 0 Å². The van der Waals surface area contributed by atoms with Crippen molar-refractivity contribution in [2.45, 2.75) is 18.9 Å². The highest BCUT2D eigenvalue weighted by molar-refractivity contribution is 6.06. The number of anilines is 1. The van der Waals surface area contributed by atoms with Crippen LogP contribution in [0.1, 0.15) is 23.5 Å². The Morgan fingerprint density at radius 1 is 0.871 bits per heavy atom. The second-order valence-electron chi connectivity index (χ2n) is 7.60. The van der Waals surface area contributed by atoms with E-state index in [1.807, 2.05) is 84.9 Å². The number of cyclic esters (lactones) is 1.